The highest BCUT2D eigenvalue weighted by atomic mass is 16.5. The van der Waals surface area contributed by atoms with E-state index in [0.29, 0.717) is 5.88 Å². The summed E-state index contributed by atoms with van der Waals surface area (Å²) in [6.45, 7) is 7.87. The lowest BCUT2D eigenvalue weighted by atomic mass is 9.95. The number of benzene rings is 1. The van der Waals surface area contributed by atoms with Crippen LogP contribution in [0, 0.1) is 27.7 Å². The largest absolute Gasteiger partial charge is 0.481 e. The molecule has 4 rings (SSSR count). The predicted molar refractivity (Wildman–Crippen MR) is 107 cm³/mol. The first-order chi connectivity index (χ1) is 12.5. The maximum atomic E-state index is 5.53. The zero-order chi connectivity index (χ0) is 18.4. The Hall–Kier alpha value is -3.15. The lowest BCUT2D eigenvalue weighted by Gasteiger charge is -2.13. The van der Waals surface area contributed by atoms with E-state index < -0.39 is 0 Å². The Labute approximate surface area is 158 Å². The lowest BCUT2D eigenvalue weighted by Crippen LogP contribution is -1.95. The van der Waals surface area contributed by atoms with E-state index in [2.05, 4.69) is 27.3 Å². The molecule has 0 bridgehead atoms. The third kappa shape index (κ3) is 2.97. The first-order valence-electron chi connectivity index (χ1n) is 8.43. The molecule has 0 radical (unpaired) electrons. The molecular formula is C21H24N4O2. The maximum absolute atomic E-state index is 5.53. The van der Waals surface area contributed by atoms with E-state index in [1.54, 1.807) is 13.3 Å². The molecule has 4 aromatic rings. The summed E-state index contributed by atoms with van der Waals surface area (Å²) in [6.07, 6.45) is 1.75. The molecule has 1 aromatic carbocycles. The topological polar surface area (TPSA) is 76.8 Å². The molecule has 0 saturated carbocycles. The molecule has 3 heterocycles. The second kappa shape index (κ2) is 6.87. The molecule has 3 aromatic heterocycles. The van der Waals surface area contributed by atoms with Crippen molar-refractivity contribution < 1.29 is 9.26 Å². The normalized spacial score (nSPS) is 10.9. The van der Waals surface area contributed by atoms with Crippen LogP contribution in [0.5, 0.6) is 5.88 Å². The molecule has 27 heavy (non-hydrogen) atoms. The van der Waals surface area contributed by atoms with Crippen LogP contribution in [0.25, 0.3) is 33.3 Å². The molecule has 0 fully saturated rings. The molecule has 0 aliphatic carbocycles. The van der Waals surface area contributed by atoms with Gasteiger partial charge in [0.2, 0.25) is 5.88 Å². The molecule has 0 saturated heterocycles. The van der Waals surface area contributed by atoms with Gasteiger partial charge < -0.3 is 14.2 Å². The first kappa shape index (κ1) is 18.6. The van der Waals surface area contributed by atoms with Gasteiger partial charge in [0.05, 0.1) is 23.8 Å². The number of methoxy groups -OCH3 is 1. The van der Waals surface area contributed by atoms with E-state index in [4.69, 9.17) is 14.2 Å². The van der Waals surface area contributed by atoms with Crippen molar-refractivity contribution in [2.75, 3.05) is 7.11 Å². The highest BCUT2D eigenvalue weighted by Crippen LogP contribution is 2.39. The Morgan fingerprint density at radius 1 is 1.07 bits per heavy atom. The van der Waals surface area contributed by atoms with Gasteiger partial charge in [0, 0.05) is 22.9 Å². The number of pyridine rings is 1. The quantitative estimate of drug-likeness (QED) is 0.543. The monoisotopic (exact) mass is 364 g/mol. The van der Waals surface area contributed by atoms with E-state index >= 15 is 0 Å². The molecule has 0 aliphatic rings. The Morgan fingerprint density at radius 3 is 2.52 bits per heavy atom. The van der Waals surface area contributed by atoms with Gasteiger partial charge in [0.25, 0.3) is 0 Å². The van der Waals surface area contributed by atoms with Gasteiger partial charge in [-0.25, -0.2) is 9.97 Å². The molecule has 0 aliphatic heterocycles. The van der Waals surface area contributed by atoms with Crippen molar-refractivity contribution in [3.05, 3.63) is 47.2 Å². The molecule has 140 valence electrons. The first-order valence-corrected chi connectivity index (χ1v) is 8.43. The van der Waals surface area contributed by atoms with Crippen molar-refractivity contribution in [2.45, 2.75) is 35.1 Å². The van der Waals surface area contributed by atoms with E-state index in [1.165, 1.54) is 0 Å². The zero-order valence-corrected chi connectivity index (χ0v) is 15.5. The Balaban J connectivity index is 0.00000210. The number of fused-ring (bicyclic) bond motifs is 1. The van der Waals surface area contributed by atoms with Gasteiger partial charge in [-0.1, -0.05) is 12.6 Å². The Bertz CT molecular complexity index is 1110. The molecule has 0 atom stereocenters. The SMILES string of the molecule is C.COc1nccc(C)c1-c1cc(-c2c(C)noc2C)cc2[nH]c(C)nc12. The number of rotatable bonds is 3. The van der Waals surface area contributed by atoms with E-state index in [-0.39, 0.29) is 7.43 Å². The van der Waals surface area contributed by atoms with Gasteiger partial charge in [0.1, 0.15) is 11.6 Å². The minimum absolute atomic E-state index is 0. The number of nitrogens with zero attached hydrogens (tertiary/aromatic N) is 3. The number of nitrogens with one attached hydrogen (secondary N) is 1. The third-order valence-corrected chi connectivity index (χ3v) is 4.61. The molecule has 6 heteroatoms. The lowest BCUT2D eigenvalue weighted by molar-refractivity contribution is 0.393. The van der Waals surface area contributed by atoms with Gasteiger partial charge >= 0.3 is 0 Å². The van der Waals surface area contributed by atoms with Crippen LogP contribution >= 0.6 is 0 Å². The van der Waals surface area contributed by atoms with Crippen LogP contribution in [-0.2, 0) is 0 Å². The van der Waals surface area contributed by atoms with Gasteiger partial charge in [-0.05, 0) is 57.0 Å². The van der Waals surface area contributed by atoms with Crippen molar-refractivity contribution in [2.24, 2.45) is 0 Å². The Morgan fingerprint density at radius 2 is 1.85 bits per heavy atom. The summed E-state index contributed by atoms with van der Waals surface area (Å²) in [6, 6.07) is 6.18. The minimum atomic E-state index is 0. The van der Waals surface area contributed by atoms with Crippen molar-refractivity contribution in [1.82, 2.24) is 20.1 Å². The summed E-state index contributed by atoms with van der Waals surface area (Å²) in [5.41, 5.74) is 7.74. The molecule has 0 spiro atoms. The van der Waals surface area contributed by atoms with Crippen LogP contribution in [0.1, 0.15) is 30.3 Å². The summed E-state index contributed by atoms with van der Waals surface area (Å²) in [7, 11) is 1.64. The van der Waals surface area contributed by atoms with Gasteiger partial charge in [-0.2, -0.15) is 0 Å². The molecule has 6 nitrogen and oxygen atoms in total. The summed E-state index contributed by atoms with van der Waals surface area (Å²) in [5, 5.41) is 4.09. The third-order valence-electron chi connectivity index (χ3n) is 4.61. The van der Waals surface area contributed by atoms with Crippen LogP contribution in [0.4, 0.5) is 0 Å². The van der Waals surface area contributed by atoms with E-state index in [1.807, 2.05) is 33.8 Å². The summed E-state index contributed by atoms with van der Waals surface area (Å²) >= 11 is 0. The average molecular weight is 364 g/mol. The smallest absolute Gasteiger partial charge is 0.221 e. The zero-order valence-electron chi connectivity index (χ0n) is 15.5. The van der Waals surface area contributed by atoms with E-state index in [0.717, 1.165) is 56.1 Å². The van der Waals surface area contributed by atoms with Crippen LogP contribution < -0.4 is 4.74 Å². The fourth-order valence-electron chi connectivity index (χ4n) is 3.49. The van der Waals surface area contributed by atoms with Gasteiger partial charge in [-0.3, -0.25) is 0 Å². The molecule has 0 unspecified atom stereocenters. The second-order valence-corrected chi connectivity index (χ2v) is 6.45. The van der Waals surface area contributed by atoms with E-state index in [9.17, 15) is 0 Å². The fourth-order valence-corrected chi connectivity index (χ4v) is 3.49. The number of aryl methyl sites for hydroxylation is 4. The van der Waals surface area contributed by atoms with Crippen LogP contribution in [0.15, 0.2) is 28.9 Å². The fraction of sp³-hybridized carbons (Fsp3) is 0.286. The van der Waals surface area contributed by atoms with Crippen molar-refractivity contribution in [1.29, 1.82) is 0 Å². The molecular weight excluding hydrogens is 340 g/mol. The second-order valence-electron chi connectivity index (χ2n) is 6.45. The number of hydrogen-bond donors (Lipinski definition) is 1. The van der Waals surface area contributed by atoms with Crippen molar-refractivity contribution in [3.63, 3.8) is 0 Å². The number of hydrogen-bond acceptors (Lipinski definition) is 5. The Kier molecular flexibility index (Phi) is 4.74. The highest BCUT2D eigenvalue weighted by molar-refractivity contribution is 5.98. The average Bonchev–Trinajstić information content (AvgIpc) is 3.15. The molecule has 1 N–H and O–H groups in total. The number of imidazole rings is 1. The van der Waals surface area contributed by atoms with Gasteiger partial charge in [-0.15, -0.1) is 0 Å². The van der Waals surface area contributed by atoms with Crippen LogP contribution in [-0.4, -0.2) is 27.2 Å². The van der Waals surface area contributed by atoms with Crippen LogP contribution in [0.2, 0.25) is 0 Å². The van der Waals surface area contributed by atoms with Crippen LogP contribution in [0.3, 0.4) is 0 Å². The molecule has 0 amide bonds. The standard InChI is InChI=1S/C20H20N4O2.CH4/c1-10-6-7-21-20(25-5)17(10)15-8-14(18-11(2)24-26-12(18)3)9-16-19(15)23-13(4)22-16;/h6-9H,1-5H3,(H,22,23);1H4. The van der Waals surface area contributed by atoms with Gasteiger partial charge in [0.15, 0.2) is 0 Å². The number of aromatic amines is 1. The summed E-state index contributed by atoms with van der Waals surface area (Å²) in [4.78, 5) is 12.4. The predicted octanol–water partition coefficient (Wildman–Crippen LogP) is 5.16. The summed E-state index contributed by atoms with van der Waals surface area (Å²) < 4.78 is 10.9. The maximum Gasteiger partial charge on any atom is 0.221 e. The van der Waals surface area contributed by atoms with Crippen molar-refractivity contribution in [3.8, 4) is 28.1 Å². The number of ether oxygens (including phenoxy) is 1. The van der Waals surface area contributed by atoms with Crippen molar-refractivity contribution >= 4 is 11.0 Å². The minimum Gasteiger partial charge on any atom is -0.481 e. The number of H-pyrrole nitrogens is 1. The highest BCUT2D eigenvalue weighted by Gasteiger charge is 2.20. The number of aromatic nitrogens is 4. The summed E-state index contributed by atoms with van der Waals surface area (Å²) in [5.74, 6) is 2.24.